The summed E-state index contributed by atoms with van der Waals surface area (Å²) >= 11 is 0. The third kappa shape index (κ3) is 1.76. The maximum Gasteiger partial charge on any atom is 0.126 e. The van der Waals surface area contributed by atoms with E-state index in [0.717, 1.165) is 22.6 Å². The minimum atomic E-state index is 0.811. The van der Waals surface area contributed by atoms with E-state index in [4.69, 9.17) is 4.74 Å². The number of aromatic nitrogens is 2. The molecule has 1 aromatic carbocycles. The van der Waals surface area contributed by atoms with Crippen molar-refractivity contribution in [3.05, 3.63) is 54.4 Å². The average Bonchev–Trinajstić information content (AvgIpc) is 2.81. The minimum absolute atomic E-state index is 0.811. The van der Waals surface area contributed by atoms with Gasteiger partial charge in [-0.3, -0.25) is 5.10 Å². The van der Waals surface area contributed by atoms with Crippen LogP contribution >= 0.6 is 0 Å². The lowest BCUT2D eigenvalue weighted by molar-refractivity contribution is 0.413. The predicted octanol–water partition coefficient (Wildman–Crippen LogP) is 2.48. The Labute approximate surface area is 88.4 Å². The quantitative estimate of drug-likeness (QED) is 0.826. The maximum absolute atomic E-state index is 5.27. The van der Waals surface area contributed by atoms with E-state index in [2.05, 4.69) is 16.8 Å². The Morgan fingerprint density at radius 3 is 2.80 bits per heavy atom. The van der Waals surface area contributed by atoms with E-state index in [1.165, 1.54) is 0 Å². The second-order valence-corrected chi connectivity index (χ2v) is 3.14. The lowest BCUT2D eigenvalue weighted by atomic mass is 10.0. The van der Waals surface area contributed by atoms with Gasteiger partial charge in [-0.1, -0.05) is 24.8 Å². The standard InChI is InChI=1S/C12H12N2O/c1-9(11-7-8-13-14-11)10-5-3-4-6-12(10)15-2/h3-8H,1H2,2H3,(H,13,14). The van der Waals surface area contributed by atoms with Crippen molar-refractivity contribution < 1.29 is 4.74 Å². The molecule has 3 nitrogen and oxygen atoms in total. The van der Waals surface area contributed by atoms with E-state index in [-0.39, 0.29) is 0 Å². The molecule has 2 aromatic rings. The van der Waals surface area contributed by atoms with Crippen LogP contribution in [0.15, 0.2) is 43.1 Å². The molecule has 1 N–H and O–H groups in total. The van der Waals surface area contributed by atoms with E-state index in [1.54, 1.807) is 13.3 Å². The molecule has 2 rings (SSSR count). The highest BCUT2D eigenvalue weighted by molar-refractivity contribution is 5.79. The number of aromatic amines is 1. The molecule has 0 amide bonds. The van der Waals surface area contributed by atoms with Crippen LogP contribution < -0.4 is 4.74 Å². The smallest absolute Gasteiger partial charge is 0.126 e. The molecular formula is C12H12N2O. The summed E-state index contributed by atoms with van der Waals surface area (Å²) in [7, 11) is 1.65. The van der Waals surface area contributed by atoms with Gasteiger partial charge in [-0.2, -0.15) is 5.10 Å². The summed E-state index contributed by atoms with van der Waals surface area (Å²) in [6.45, 7) is 4.01. The van der Waals surface area contributed by atoms with E-state index < -0.39 is 0 Å². The molecule has 0 aliphatic heterocycles. The number of benzene rings is 1. The second kappa shape index (κ2) is 4.00. The molecule has 0 aliphatic carbocycles. The molecule has 0 fully saturated rings. The van der Waals surface area contributed by atoms with Crippen LogP contribution in [0.4, 0.5) is 0 Å². The zero-order valence-electron chi connectivity index (χ0n) is 8.53. The van der Waals surface area contributed by atoms with Gasteiger partial charge in [-0.05, 0) is 12.1 Å². The van der Waals surface area contributed by atoms with Crippen LogP contribution in [0.2, 0.25) is 0 Å². The van der Waals surface area contributed by atoms with E-state index in [9.17, 15) is 0 Å². The van der Waals surface area contributed by atoms with E-state index >= 15 is 0 Å². The third-order valence-electron chi connectivity index (χ3n) is 2.24. The first kappa shape index (κ1) is 9.52. The van der Waals surface area contributed by atoms with Crippen LogP contribution in [-0.4, -0.2) is 17.3 Å². The summed E-state index contributed by atoms with van der Waals surface area (Å²) in [5.41, 5.74) is 2.65. The summed E-state index contributed by atoms with van der Waals surface area (Å²) in [6.07, 6.45) is 1.77. The number of hydrogen-bond donors (Lipinski definition) is 1. The van der Waals surface area contributed by atoms with Gasteiger partial charge in [0.15, 0.2) is 0 Å². The highest BCUT2D eigenvalue weighted by Crippen LogP contribution is 2.27. The highest BCUT2D eigenvalue weighted by atomic mass is 16.5. The number of H-pyrrole nitrogens is 1. The van der Waals surface area contributed by atoms with Crippen LogP contribution in [-0.2, 0) is 0 Å². The molecule has 0 saturated carbocycles. The van der Waals surface area contributed by atoms with Crippen molar-refractivity contribution in [1.29, 1.82) is 0 Å². The predicted molar refractivity (Wildman–Crippen MR) is 59.7 cm³/mol. The first-order chi connectivity index (χ1) is 7.33. The van der Waals surface area contributed by atoms with Gasteiger partial charge in [0.25, 0.3) is 0 Å². The Morgan fingerprint density at radius 2 is 2.13 bits per heavy atom. The topological polar surface area (TPSA) is 37.9 Å². The zero-order valence-corrected chi connectivity index (χ0v) is 8.53. The van der Waals surface area contributed by atoms with Crippen molar-refractivity contribution >= 4 is 5.57 Å². The molecule has 76 valence electrons. The Balaban J connectivity index is 2.42. The third-order valence-corrected chi connectivity index (χ3v) is 2.24. The minimum Gasteiger partial charge on any atom is -0.496 e. The van der Waals surface area contributed by atoms with Crippen molar-refractivity contribution in [2.24, 2.45) is 0 Å². The lowest BCUT2D eigenvalue weighted by Crippen LogP contribution is -1.92. The van der Waals surface area contributed by atoms with Crippen LogP contribution in [0.25, 0.3) is 5.57 Å². The Kier molecular flexibility index (Phi) is 2.54. The zero-order chi connectivity index (χ0) is 10.7. The summed E-state index contributed by atoms with van der Waals surface area (Å²) in [5, 5.41) is 6.85. The fraction of sp³-hybridized carbons (Fsp3) is 0.0833. The lowest BCUT2D eigenvalue weighted by Gasteiger charge is -2.08. The summed E-state index contributed by atoms with van der Waals surface area (Å²) in [6, 6.07) is 9.65. The normalized spacial score (nSPS) is 9.93. The molecule has 3 heteroatoms. The molecule has 1 aromatic heterocycles. The van der Waals surface area contributed by atoms with Gasteiger partial charge in [-0.15, -0.1) is 0 Å². The summed E-state index contributed by atoms with van der Waals surface area (Å²) < 4.78 is 5.27. The molecule has 0 radical (unpaired) electrons. The Hall–Kier alpha value is -2.03. The fourth-order valence-corrected chi connectivity index (χ4v) is 1.46. The number of nitrogens with zero attached hydrogens (tertiary/aromatic N) is 1. The molecular weight excluding hydrogens is 188 g/mol. The molecule has 1 heterocycles. The Bertz CT molecular complexity index is 460. The van der Waals surface area contributed by atoms with Gasteiger partial charge in [-0.25, -0.2) is 0 Å². The van der Waals surface area contributed by atoms with Gasteiger partial charge >= 0.3 is 0 Å². The van der Waals surface area contributed by atoms with Gasteiger partial charge in [0, 0.05) is 17.3 Å². The summed E-state index contributed by atoms with van der Waals surface area (Å²) in [4.78, 5) is 0. The van der Waals surface area contributed by atoms with Gasteiger partial charge in [0.05, 0.1) is 12.8 Å². The van der Waals surface area contributed by atoms with Crippen LogP contribution in [0, 0.1) is 0 Å². The van der Waals surface area contributed by atoms with Crippen molar-refractivity contribution in [3.8, 4) is 5.75 Å². The number of ether oxygens (including phenoxy) is 1. The van der Waals surface area contributed by atoms with Crippen LogP contribution in [0.5, 0.6) is 5.75 Å². The molecule has 0 aliphatic rings. The van der Waals surface area contributed by atoms with Gasteiger partial charge in [0.2, 0.25) is 0 Å². The number of hydrogen-bond acceptors (Lipinski definition) is 2. The molecule has 0 unspecified atom stereocenters. The van der Waals surface area contributed by atoms with Crippen molar-refractivity contribution in [3.63, 3.8) is 0 Å². The maximum atomic E-state index is 5.27. The molecule has 0 saturated heterocycles. The first-order valence-corrected chi connectivity index (χ1v) is 4.65. The monoisotopic (exact) mass is 200 g/mol. The largest absolute Gasteiger partial charge is 0.496 e. The first-order valence-electron chi connectivity index (χ1n) is 4.65. The van der Waals surface area contributed by atoms with E-state index in [0.29, 0.717) is 0 Å². The second-order valence-electron chi connectivity index (χ2n) is 3.14. The van der Waals surface area contributed by atoms with Gasteiger partial charge < -0.3 is 4.74 Å². The van der Waals surface area contributed by atoms with Crippen molar-refractivity contribution in [2.45, 2.75) is 0 Å². The summed E-state index contributed by atoms with van der Waals surface area (Å²) in [5.74, 6) is 0.811. The number of para-hydroxylation sites is 1. The van der Waals surface area contributed by atoms with E-state index in [1.807, 2.05) is 30.3 Å². The Morgan fingerprint density at radius 1 is 1.33 bits per heavy atom. The van der Waals surface area contributed by atoms with Crippen LogP contribution in [0.1, 0.15) is 11.3 Å². The molecule has 0 atom stereocenters. The SMILES string of the molecule is C=C(c1cc[nH]n1)c1ccccc1OC. The van der Waals surface area contributed by atoms with Crippen molar-refractivity contribution in [2.75, 3.05) is 7.11 Å². The average molecular weight is 200 g/mol. The van der Waals surface area contributed by atoms with Gasteiger partial charge in [0.1, 0.15) is 5.75 Å². The number of nitrogens with one attached hydrogen (secondary N) is 1. The number of methoxy groups -OCH3 is 1. The van der Waals surface area contributed by atoms with Crippen molar-refractivity contribution in [1.82, 2.24) is 10.2 Å². The fourth-order valence-electron chi connectivity index (χ4n) is 1.46. The molecule has 15 heavy (non-hydrogen) atoms. The van der Waals surface area contributed by atoms with Crippen LogP contribution in [0.3, 0.4) is 0 Å². The molecule has 0 bridgehead atoms. The number of rotatable bonds is 3. The highest BCUT2D eigenvalue weighted by Gasteiger charge is 2.08. The molecule has 0 spiro atoms.